The van der Waals surface area contributed by atoms with E-state index in [1.54, 1.807) is 0 Å². The first-order valence-electron chi connectivity index (χ1n) is 11.3. The topological polar surface area (TPSA) is 49.8 Å². The summed E-state index contributed by atoms with van der Waals surface area (Å²) in [5.74, 6) is 0. The molecule has 4 heteroatoms. The van der Waals surface area contributed by atoms with Crippen LogP contribution in [0.4, 0.5) is 4.79 Å². The molecule has 1 amide bonds. The van der Waals surface area contributed by atoms with Crippen LogP contribution in [0, 0.1) is 10.8 Å². The highest BCUT2D eigenvalue weighted by Gasteiger charge is 2.69. The molecule has 1 N–H and O–H groups in total. The number of nitrogens with zero attached hydrogens (tertiary/aromatic N) is 1. The Balaban J connectivity index is 1.87. The highest BCUT2D eigenvalue weighted by Crippen LogP contribution is 2.59. The van der Waals surface area contributed by atoms with Crippen molar-refractivity contribution in [1.82, 2.24) is 4.90 Å². The van der Waals surface area contributed by atoms with Gasteiger partial charge in [-0.3, -0.25) is 4.90 Å². The molecule has 0 aromatic heterocycles. The summed E-state index contributed by atoms with van der Waals surface area (Å²) in [5, 5.41) is 12.3. The molecule has 4 nitrogen and oxygen atoms in total. The molecule has 0 bridgehead atoms. The SMILES string of the molecule is CC(C)(C)C1(C(C)(C)C)OC(=O)N2[C@H]1CC[C@@H]2C(O)(c1ccccc1)c1ccccc1. The molecular weight excluding hydrogens is 386 g/mol. The van der Waals surface area contributed by atoms with Crippen molar-refractivity contribution in [3.63, 3.8) is 0 Å². The summed E-state index contributed by atoms with van der Waals surface area (Å²) in [6.45, 7) is 12.9. The van der Waals surface area contributed by atoms with Crippen molar-refractivity contribution >= 4 is 6.09 Å². The molecule has 2 heterocycles. The minimum absolute atomic E-state index is 0.0936. The Hall–Kier alpha value is -2.33. The molecule has 2 saturated heterocycles. The molecule has 4 rings (SSSR count). The van der Waals surface area contributed by atoms with E-state index in [0.29, 0.717) is 6.42 Å². The number of aliphatic hydroxyl groups is 1. The van der Waals surface area contributed by atoms with Crippen LogP contribution in [0.25, 0.3) is 0 Å². The number of hydrogen-bond donors (Lipinski definition) is 1. The second-order valence-electron chi connectivity index (χ2n) is 11.1. The van der Waals surface area contributed by atoms with Crippen molar-refractivity contribution in [2.45, 2.75) is 77.7 Å². The minimum Gasteiger partial charge on any atom is -0.439 e. The van der Waals surface area contributed by atoms with Crippen LogP contribution in [0.15, 0.2) is 60.7 Å². The van der Waals surface area contributed by atoms with E-state index in [-0.39, 0.29) is 23.0 Å². The number of hydrogen-bond acceptors (Lipinski definition) is 3. The maximum absolute atomic E-state index is 13.5. The Kier molecular flexibility index (Phi) is 5.01. The Labute approximate surface area is 186 Å². The summed E-state index contributed by atoms with van der Waals surface area (Å²) in [6.07, 6.45) is 1.20. The third-order valence-corrected chi connectivity index (χ3v) is 7.45. The molecule has 166 valence electrons. The summed E-state index contributed by atoms with van der Waals surface area (Å²) in [4.78, 5) is 15.3. The smallest absolute Gasteiger partial charge is 0.411 e. The van der Waals surface area contributed by atoms with E-state index in [1.165, 1.54) is 0 Å². The number of rotatable bonds is 3. The van der Waals surface area contributed by atoms with Gasteiger partial charge in [-0.05, 0) is 24.0 Å². The molecule has 2 aliphatic rings. The highest BCUT2D eigenvalue weighted by atomic mass is 16.6. The van der Waals surface area contributed by atoms with E-state index in [2.05, 4.69) is 41.5 Å². The van der Waals surface area contributed by atoms with Gasteiger partial charge >= 0.3 is 6.09 Å². The summed E-state index contributed by atoms with van der Waals surface area (Å²) in [6, 6.07) is 18.9. The van der Waals surface area contributed by atoms with Crippen molar-refractivity contribution < 1.29 is 14.6 Å². The maximum atomic E-state index is 13.5. The Morgan fingerprint density at radius 1 is 0.839 bits per heavy atom. The van der Waals surface area contributed by atoms with E-state index in [4.69, 9.17) is 4.74 Å². The van der Waals surface area contributed by atoms with Crippen LogP contribution >= 0.6 is 0 Å². The number of ether oxygens (including phenoxy) is 1. The van der Waals surface area contributed by atoms with Gasteiger partial charge in [-0.1, -0.05) is 102 Å². The normalized spacial score (nSPS) is 23.6. The van der Waals surface area contributed by atoms with Gasteiger partial charge in [0.25, 0.3) is 0 Å². The molecule has 0 radical (unpaired) electrons. The van der Waals surface area contributed by atoms with Crippen molar-refractivity contribution in [3.05, 3.63) is 71.8 Å². The van der Waals surface area contributed by atoms with Crippen LogP contribution in [0.3, 0.4) is 0 Å². The summed E-state index contributed by atoms with van der Waals surface area (Å²) < 4.78 is 6.32. The number of carbonyl (C=O) groups excluding carboxylic acids is 1. The average molecular weight is 422 g/mol. The summed E-state index contributed by atoms with van der Waals surface area (Å²) in [7, 11) is 0. The molecule has 2 fully saturated rings. The van der Waals surface area contributed by atoms with E-state index in [9.17, 15) is 9.90 Å². The highest BCUT2D eigenvalue weighted by molar-refractivity contribution is 5.74. The first-order valence-corrected chi connectivity index (χ1v) is 11.3. The van der Waals surface area contributed by atoms with Gasteiger partial charge in [0.15, 0.2) is 0 Å². The quantitative estimate of drug-likeness (QED) is 0.688. The molecule has 2 atom stereocenters. The van der Waals surface area contributed by atoms with E-state index in [0.717, 1.165) is 17.5 Å². The molecule has 0 unspecified atom stereocenters. The fourth-order valence-electron chi connectivity index (χ4n) is 6.50. The summed E-state index contributed by atoms with van der Waals surface area (Å²) in [5.41, 5.74) is -0.894. The first kappa shape index (κ1) is 21.9. The van der Waals surface area contributed by atoms with Gasteiger partial charge < -0.3 is 9.84 Å². The third kappa shape index (κ3) is 3.02. The van der Waals surface area contributed by atoms with Crippen LogP contribution in [-0.2, 0) is 10.3 Å². The minimum atomic E-state index is -1.32. The monoisotopic (exact) mass is 421 g/mol. The van der Waals surface area contributed by atoms with Gasteiger partial charge in [0.05, 0.1) is 12.1 Å². The van der Waals surface area contributed by atoms with Crippen molar-refractivity contribution in [2.75, 3.05) is 0 Å². The van der Waals surface area contributed by atoms with Crippen molar-refractivity contribution in [2.24, 2.45) is 10.8 Å². The largest absolute Gasteiger partial charge is 0.439 e. The molecule has 0 spiro atoms. The van der Waals surface area contributed by atoms with E-state index < -0.39 is 17.2 Å². The summed E-state index contributed by atoms with van der Waals surface area (Å²) >= 11 is 0. The zero-order valence-corrected chi connectivity index (χ0v) is 19.6. The molecule has 31 heavy (non-hydrogen) atoms. The van der Waals surface area contributed by atoms with Gasteiger partial charge in [0.1, 0.15) is 11.2 Å². The van der Waals surface area contributed by atoms with Crippen molar-refractivity contribution in [1.29, 1.82) is 0 Å². The van der Waals surface area contributed by atoms with Crippen LogP contribution in [0.5, 0.6) is 0 Å². The molecule has 0 saturated carbocycles. The van der Waals surface area contributed by atoms with Crippen LogP contribution in [0.1, 0.15) is 65.5 Å². The molecular formula is C27H35NO3. The average Bonchev–Trinajstić information content (AvgIpc) is 3.28. The zero-order chi connectivity index (χ0) is 22.7. The maximum Gasteiger partial charge on any atom is 0.411 e. The Morgan fingerprint density at radius 3 is 1.71 bits per heavy atom. The predicted molar refractivity (Wildman–Crippen MR) is 123 cm³/mol. The zero-order valence-electron chi connectivity index (χ0n) is 19.6. The van der Waals surface area contributed by atoms with Crippen molar-refractivity contribution in [3.8, 4) is 0 Å². The number of benzene rings is 2. The van der Waals surface area contributed by atoms with Crippen LogP contribution < -0.4 is 0 Å². The van der Waals surface area contributed by atoms with Gasteiger partial charge in [-0.2, -0.15) is 0 Å². The second kappa shape index (κ2) is 7.09. The van der Waals surface area contributed by atoms with E-state index in [1.807, 2.05) is 65.6 Å². The Morgan fingerprint density at radius 2 is 1.29 bits per heavy atom. The van der Waals surface area contributed by atoms with Crippen LogP contribution in [-0.4, -0.2) is 33.8 Å². The lowest BCUT2D eigenvalue weighted by atomic mass is 9.59. The molecule has 2 aromatic rings. The predicted octanol–water partition coefficient (Wildman–Crippen LogP) is 5.74. The molecule has 2 aliphatic heterocycles. The van der Waals surface area contributed by atoms with Gasteiger partial charge in [0, 0.05) is 10.8 Å². The van der Waals surface area contributed by atoms with Gasteiger partial charge in [-0.15, -0.1) is 0 Å². The fraction of sp³-hybridized carbons (Fsp3) is 0.519. The van der Waals surface area contributed by atoms with E-state index >= 15 is 0 Å². The Bertz CT molecular complexity index is 886. The van der Waals surface area contributed by atoms with Crippen LogP contribution in [0.2, 0.25) is 0 Å². The van der Waals surface area contributed by atoms with Gasteiger partial charge in [0.2, 0.25) is 0 Å². The lowest BCUT2D eigenvalue weighted by molar-refractivity contribution is -0.131. The fourth-order valence-corrected chi connectivity index (χ4v) is 6.50. The third-order valence-electron chi connectivity index (χ3n) is 7.45. The molecule has 0 aliphatic carbocycles. The first-order chi connectivity index (χ1) is 14.4. The number of carbonyl (C=O) groups is 1. The van der Waals surface area contributed by atoms with Gasteiger partial charge in [-0.25, -0.2) is 4.79 Å². The number of fused-ring (bicyclic) bond motifs is 1. The standard InChI is InChI=1S/C27H35NO3/c1-24(2,3)27(25(4,5)6)22-18-17-21(28(22)23(29)31-27)26(30,19-13-9-7-10-14-19)20-15-11-8-12-16-20/h7-16,21-22,30H,17-18H2,1-6H3/t21-,22+/m1/s1. The lowest BCUT2D eigenvalue weighted by Gasteiger charge is -2.51. The second-order valence-corrected chi connectivity index (χ2v) is 11.1. The number of cyclic esters (lactones) is 1. The lowest BCUT2D eigenvalue weighted by Crippen LogP contribution is -2.61. The number of amides is 1. The molecule has 2 aromatic carbocycles.